The number of alkyl halides is 3. The summed E-state index contributed by atoms with van der Waals surface area (Å²) >= 11 is 5.80. The maximum absolute atomic E-state index is 12.9. The summed E-state index contributed by atoms with van der Waals surface area (Å²) in [6.07, 6.45) is -3.01. The number of benzene rings is 1. The van der Waals surface area contributed by atoms with E-state index in [-0.39, 0.29) is 21.3 Å². The SMILES string of the molecule is COc1cccc(S(=O)(=O)NC(=O)c2cn3cc(C(F)(F)F)cc(Cl)c3n2)c1. The molecule has 1 aromatic carbocycles. The van der Waals surface area contributed by atoms with E-state index in [0.717, 1.165) is 10.6 Å². The number of hydrogen-bond acceptors (Lipinski definition) is 5. The van der Waals surface area contributed by atoms with Crippen LogP contribution in [0.15, 0.2) is 47.6 Å². The number of nitrogens with zero attached hydrogens (tertiary/aromatic N) is 2. The monoisotopic (exact) mass is 433 g/mol. The molecule has 0 unspecified atom stereocenters. The van der Waals surface area contributed by atoms with Crippen LogP contribution < -0.4 is 9.46 Å². The minimum Gasteiger partial charge on any atom is -0.497 e. The van der Waals surface area contributed by atoms with E-state index in [0.29, 0.717) is 12.3 Å². The van der Waals surface area contributed by atoms with E-state index < -0.39 is 33.4 Å². The van der Waals surface area contributed by atoms with Gasteiger partial charge in [-0.3, -0.25) is 4.79 Å². The van der Waals surface area contributed by atoms with Crippen molar-refractivity contribution in [3.05, 3.63) is 59.0 Å². The Morgan fingerprint density at radius 2 is 1.96 bits per heavy atom. The summed E-state index contributed by atoms with van der Waals surface area (Å²) in [7, 11) is -2.91. The third kappa shape index (κ3) is 3.90. The fourth-order valence-electron chi connectivity index (χ4n) is 2.32. The molecule has 0 fully saturated rings. The second-order valence-corrected chi connectivity index (χ2v) is 7.63. The van der Waals surface area contributed by atoms with E-state index in [1.807, 2.05) is 0 Å². The van der Waals surface area contributed by atoms with Gasteiger partial charge >= 0.3 is 6.18 Å². The molecule has 3 aromatic rings. The number of sulfonamides is 1. The summed E-state index contributed by atoms with van der Waals surface area (Å²) in [6.45, 7) is 0. The molecule has 0 atom stereocenters. The van der Waals surface area contributed by atoms with Crippen LogP contribution in [0.4, 0.5) is 13.2 Å². The molecule has 2 aromatic heterocycles. The first-order valence-corrected chi connectivity index (χ1v) is 9.34. The Hall–Kier alpha value is -2.79. The number of methoxy groups -OCH3 is 1. The number of imidazole rings is 1. The average molecular weight is 434 g/mol. The van der Waals surface area contributed by atoms with Crippen LogP contribution in [0.1, 0.15) is 16.1 Å². The summed E-state index contributed by atoms with van der Waals surface area (Å²) < 4.78 is 71.0. The smallest absolute Gasteiger partial charge is 0.417 e. The van der Waals surface area contributed by atoms with Gasteiger partial charge in [-0.05, 0) is 18.2 Å². The minimum atomic E-state index is -4.65. The normalized spacial score (nSPS) is 12.2. The number of aromatic nitrogens is 2. The highest BCUT2D eigenvalue weighted by molar-refractivity contribution is 7.90. The highest BCUT2D eigenvalue weighted by Gasteiger charge is 2.32. The Kier molecular flexibility index (Phi) is 4.98. The molecule has 0 aliphatic rings. The van der Waals surface area contributed by atoms with Crippen LogP contribution in [0.25, 0.3) is 5.65 Å². The first-order chi connectivity index (χ1) is 13.0. The Bertz CT molecular complexity index is 1180. The van der Waals surface area contributed by atoms with Crippen molar-refractivity contribution >= 4 is 33.2 Å². The van der Waals surface area contributed by atoms with Gasteiger partial charge in [-0.1, -0.05) is 17.7 Å². The molecule has 3 rings (SSSR count). The van der Waals surface area contributed by atoms with Crippen molar-refractivity contribution in [2.75, 3.05) is 7.11 Å². The molecule has 2 heterocycles. The van der Waals surface area contributed by atoms with Crippen LogP contribution in [0.3, 0.4) is 0 Å². The number of amides is 1. The molecule has 7 nitrogen and oxygen atoms in total. The molecule has 12 heteroatoms. The Morgan fingerprint density at radius 3 is 2.61 bits per heavy atom. The third-order valence-corrected chi connectivity index (χ3v) is 5.25. The fourth-order valence-corrected chi connectivity index (χ4v) is 3.58. The number of nitrogens with one attached hydrogen (secondary N) is 1. The first kappa shape index (κ1) is 20.0. The largest absolute Gasteiger partial charge is 0.497 e. The van der Waals surface area contributed by atoms with Gasteiger partial charge in [0.05, 0.1) is 22.6 Å². The summed E-state index contributed by atoms with van der Waals surface area (Å²) in [5.41, 5.74) is -1.59. The molecular formula is C16H11ClF3N3O4S. The molecule has 0 saturated carbocycles. The molecule has 0 aliphatic heterocycles. The van der Waals surface area contributed by atoms with Crippen LogP contribution in [-0.4, -0.2) is 30.8 Å². The summed E-state index contributed by atoms with van der Waals surface area (Å²) in [5.74, 6) is -0.870. The Labute approximate surface area is 161 Å². The zero-order chi connectivity index (χ0) is 20.7. The quantitative estimate of drug-likeness (QED) is 0.682. The second kappa shape index (κ2) is 6.99. The van der Waals surface area contributed by atoms with Gasteiger partial charge in [-0.25, -0.2) is 18.1 Å². The highest BCUT2D eigenvalue weighted by Crippen LogP contribution is 2.32. The lowest BCUT2D eigenvalue weighted by atomic mass is 10.3. The average Bonchev–Trinajstić information content (AvgIpc) is 3.06. The number of ether oxygens (including phenoxy) is 1. The van der Waals surface area contributed by atoms with E-state index in [1.165, 1.54) is 31.4 Å². The van der Waals surface area contributed by atoms with Crippen molar-refractivity contribution in [1.82, 2.24) is 14.1 Å². The number of carbonyl (C=O) groups excluding carboxylic acids is 1. The molecule has 28 heavy (non-hydrogen) atoms. The molecule has 0 saturated heterocycles. The van der Waals surface area contributed by atoms with Crippen LogP contribution in [0, 0.1) is 0 Å². The number of pyridine rings is 1. The van der Waals surface area contributed by atoms with Crippen LogP contribution in [-0.2, 0) is 16.2 Å². The molecular weight excluding hydrogens is 423 g/mol. The number of halogens is 4. The predicted octanol–water partition coefficient (Wildman–Crippen LogP) is 3.13. The Morgan fingerprint density at radius 1 is 1.25 bits per heavy atom. The topological polar surface area (TPSA) is 89.8 Å². The van der Waals surface area contributed by atoms with E-state index in [2.05, 4.69) is 4.98 Å². The van der Waals surface area contributed by atoms with Gasteiger partial charge in [0.1, 0.15) is 11.4 Å². The van der Waals surface area contributed by atoms with Crippen LogP contribution in [0.2, 0.25) is 5.02 Å². The molecule has 148 valence electrons. The minimum absolute atomic E-state index is 0.126. The summed E-state index contributed by atoms with van der Waals surface area (Å²) in [5, 5.41) is -0.343. The number of fused-ring (bicyclic) bond motifs is 1. The van der Waals surface area contributed by atoms with Gasteiger partial charge in [-0.15, -0.1) is 0 Å². The van der Waals surface area contributed by atoms with Crippen molar-refractivity contribution in [3.8, 4) is 5.75 Å². The lowest BCUT2D eigenvalue weighted by Crippen LogP contribution is -2.30. The van der Waals surface area contributed by atoms with Gasteiger partial charge in [0.25, 0.3) is 15.9 Å². The van der Waals surface area contributed by atoms with Crippen molar-refractivity contribution in [2.24, 2.45) is 0 Å². The maximum Gasteiger partial charge on any atom is 0.417 e. The van der Waals surface area contributed by atoms with E-state index in [9.17, 15) is 26.4 Å². The molecule has 0 radical (unpaired) electrons. The molecule has 0 aliphatic carbocycles. The predicted molar refractivity (Wildman–Crippen MR) is 92.9 cm³/mol. The van der Waals surface area contributed by atoms with Crippen LogP contribution in [0.5, 0.6) is 5.75 Å². The zero-order valence-corrected chi connectivity index (χ0v) is 15.6. The van der Waals surface area contributed by atoms with E-state index in [4.69, 9.17) is 16.3 Å². The van der Waals surface area contributed by atoms with Gasteiger partial charge in [0.15, 0.2) is 5.65 Å². The fraction of sp³-hybridized carbons (Fsp3) is 0.125. The Balaban J connectivity index is 1.94. The standard InChI is InChI=1S/C16H11ClF3N3O4S/c1-27-10-3-2-4-11(6-10)28(25,26)22-15(24)13-8-23-7-9(16(18,19)20)5-12(17)14(23)21-13/h2-8H,1H3,(H,22,24). The highest BCUT2D eigenvalue weighted by atomic mass is 35.5. The van der Waals surface area contributed by atoms with Crippen molar-refractivity contribution in [2.45, 2.75) is 11.1 Å². The van der Waals surface area contributed by atoms with Crippen molar-refractivity contribution in [3.63, 3.8) is 0 Å². The van der Waals surface area contributed by atoms with Gasteiger partial charge < -0.3 is 9.14 Å². The second-order valence-electron chi connectivity index (χ2n) is 5.55. The van der Waals surface area contributed by atoms with Crippen molar-refractivity contribution < 1.29 is 31.1 Å². The molecule has 0 bridgehead atoms. The van der Waals surface area contributed by atoms with Crippen LogP contribution >= 0.6 is 11.6 Å². The van der Waals surface area contributed by atoms with Crippen molar-refractivity contribution in [1.29, 1.82) is 0 Å². The summed E-state index contributed by atoms with van der Waals surface area (Å²) in [4.78, 5) is 15.9. The van der Waals surface area contributed by atoms with Gasteiger partial charge in [0, 0.05) is 18.5 Å². The first-order valence-electron chi connectivity index (χ1n) is 7.48. The van der Waals surface area contributed by atoms with Gasteiger partial charge in [-0.2, -0.15) is 13.2 Å². The molecule has 0 spiro atoms. The molecule has 1 amide bonds. The zero-order valence-electron chi connectivity index (χ0n) is 14.0. The van der Waals surface area contributed by atoms with Gasteiger partial charge in [0.2, 0.25) is 0 Å². The number of carbonyl (C=O) groups is 1. The number of hydrogen-bond donors (Lipinski definition) is 1. The number of rotatable bonds is 4. The summed E-state index contributed by atoms with van der Waals surface area (Å²) in [6, 6.07) is 6.04. The lowest BCUT2D eigenvalue weighted by molar-refractivity contribution is -0.137. The molecule has 1 N–H and O–H groups in total. The maximum atomic E-state index is 12.9. The lowest BCUT2D eigenvalue weighted by Gasteiger charge is -2.07. The third-order valence-electron chi connectivity index (χ3n) is 3.64. The van der Waals surface area contributed by atoms with E-state index in [1.54, 1.807) is 4.72 Å². The van der Waals surface area contributed by atoms with E-state index >= 15 is 0 Å².